The number of piperidine rings is 1. The van der Waals surface area contributed by atoms with Gasteiger partial charge in [0.25, 0.3) is 0 Å². The molecule has 24 heavy (non-hydrogen) atoms. The van der Waals surface area contributed by atoms with Gasteiger partial charge in [0.1, 0.15) is 5.82 Å². The van der Waals surface area contributed by atoms with Gasteiger partial charge in [-0.2, -0.15) is 0 Å². The Bertz CT molecular complexity index is 692. The first-order chi connectivity index (χ1) is 11.6. The van der Waals surface area contributed by atoms with Crippen molar-refractivity contribution in [2.45, 2.75) is 18.9 Å². The van der Waals surface area contributed by atoms with E-state index in [2.05, 4.69) is 5.32 Å². The molecule has 3 rings (SSSR count). The highest BCUT2D eigenvalue weighted by Gasteiger charge is 2.28. The van der Waals surface area contributed by atoms with Crippen molar-refractivity contribution in [3.05, 3.63) is 66.0 Å². The highest BCUT2D eigenvalue weighted by atomic mass is 19.1. The van der Waals surface area contributed by atoms with Gasteiger partial charge in [0, 0.05) is 24.8 Å². The molecule has 0 bridgehead atoms. The van der Waals surface area contributed by atoms with Crippen molar-refractivity contribution in [3.8, 4) is 0 Å². The van der Waals surface area contributed by atoms with Gasteiger partial charge in [-0.15, -0.1) is 0 Å². The lowest BCUT2D eigenvalue weighted by Gasteiger charge is -2.36. The lowest BCUT2D eigenvalue weighted by atomic mass is 9.89. The van der Waals surface area contributed by atoms with E-state index in [1.165, 1.54) is 6.07 Å². The number of nitrogens with zero attached hydrogens (tertiary/aromatic N) is 1. The number of para-hydroxylation sites is 1. The summed E-state index contributed by atoms with van der Waals surface area (Å²) in [5.74, 6) is 0.00311. The van der Waals surface area contributed by atoms with E-state index < -0.39 is 0 Å². The summed E-state index contributed by atoms with van der Waals surface area (Å²) in [7, 11) is 0. The number of carbonyl (C=O) groups is 1. The minimum atomic E-state index is -0.230. The van der Waals surface area contributed by atoms with Crippen LogP contribution in [0, 0.1) is 11.7 Å². The molecule has 4 nitrogen and oxygen atoms in total. The second kappa shape index (κ2) is 7.45. The summed E-state index contributed by atoms with van der Waals surface area (Å²) in [4.78, 5) is 14.2. The van der Waals surface area contributed by atoms with Crippen LogP contribution in [0.3, 0.4) is 0 Å². The first kappa shape index (κ1) is 16.5. The van der Waals surface area contributed by atoms with Crippen LogP contribution in [0.25, 0.3) is 0 Å². The number of benzene rings is 2. The van der Waals surface area contributed by atoms with Gasteiger partial charge in [-0.25, -0.2) is 9.18 Å². The third-order valence-electron chi connectivity index (χ3n) is 4.30. The van der Waals surface area contributed by atoms with Gasteiger partial charge in [0.15, 0.2) is 0 Å². The molecule has 1 heterocycles. The molecular weight excluding hydrogens is 305 g/mol. The van der Waals surface area contributed by atoms with Gasteiger partial charge in [0.2, 0.25) is 0 Å². The molecule has 1 aliphatic heterocycles. The van der Waals surface area contributed by atoms with E-state index in [1.807, 2.05) is 36.4 Å². The zero-order valence-corrected chi connectivity index (χ0v) is 13.5. The normalized spacial score (nSPS) is 20.7. The number of carbonyl (C=O) groups excluding carboxylic acids is 1. The molecule has 0 saturated carbocycles. The van der Waals surface area contributed by atoms with Crippen molar-refractivity contribution in [1.29, 1.82) is 0 Å². The molecule has 2 aromatic rings. The maximum absolute atomic E-state index is 13.3. The molecule has 5 heteroatoms. The number of halogens is 1. The van der Waals surface area contributed by atoms with Crippen LogP contribution in [0.15, 0.2) is 54.6 Å². The Kier molecular flexibility index (Phi) is 5.11. The molecule has 0 aromatic heterocycles. The van der Waals surface area contributed by atoms with Crippen LogP contribution in [-0.4, -0.2) is 30.1 Å². The Morgan fingerprint density at radius 3 is 2.71 bits per heavy atom. The molecule has 2 unspecified atom stereocenters. The van der Waals surface area contributed by atoms with E-state index >= 15 is 0 Å². The molecule has 126 valence electrons. The topological polar surface area (TPSA) is 58.4 Å². The van der Waals surface area contributed by atoms with Crippen molar-refractivity contribution in [2.24, 2.45) is 11.7 Å². The van der Waals surface area contributed by atoms with E-state index in [4.69, 9.17) is 5.73 Å². The standard InChI is InChI=1S/C19H22FN3O/c20-16-6-4-5-14(10-16)9-15-11-17(21)13-23(12-15)19(24)22-18-7-2-1-3-8-18/h1-8,10,15,17H,9,11-13,21H2,(H,22,24). The van der Waals surface area contributed by atoms with E-state index in [1.54, 1.807) is 17.0 Å². The lowest BCUT2D eigenvalue weighted by Crippen LogP contribution is -2.51. The predicted octanol–water partition coefficient (Wildman–Crippen LogP) is 3.25. The Balaban J connectivity index is 1.63. The van der Waals surface area contributed by atoms with E-state index in [9.17, 15) is 9.18 Å². The largest absolute Gasteiger partial charge is 0.326 e. The minimum absolute atomic E-state index is 0.0566. The number of hydrogen-bond donors (Lipinski definition) is 2. The Hall–Kier alpha value is -2.40. The molecule has 1 fully saturated rings. The SMILES string of the molecule is NC1CC(Cc2cccc(F)c2)CN(C(=O)Nc2ccccc2)C1. The number of urea groups is 1. The number of rotatable bonds is 3. The monoisotopic (exact) mass is 327 g/mol. The van der Waals surface area contributed by atoms with Crippen LogP contribution in [0.2, 0.25) is 0 Å². The van der Waals surface area contributed by atoms with E-state index in [-0.39, 0.29) is 23.8 Å². The van der Waals surface area contributed by atoms with Gasteiger partial charge in [-0.05, 0) is 48.6 Å². The number of hydrogen-bond acceptors (Lipinski definition) is 2. The van der Waals surface area contributed by atoms with E-state index in [0.29, 0.717) is 13.1 Å². The summed E-state index contributed by atoms with van der Waals surface area (Å²) >= 11 is 0. The van der Waals surface area contributed by atoms with Crippen molar-refractivity contribution < 1.29 is 9.18 Å². The Morgan fingerprint density at radius 2 is 1.96 bits per heavy atom. The third-order valence-corrected chi connectivity index (χ3v) is 4.30. The molecule has 0 radical (unpaired) electrons. The Labute approximate surface area is 141 Å². The molecular formula is C19H22FN3O. The van der Waals surface area contributed by atoms with Crippen LogP contribution in [0.5, 0.6) is 0 Å². The third kappa shape index (κ3) is 4.32. The average molecular weight is 327 g/mol. The summed E-state index contributed by atoms with van der Waals surface area (Å²) in [6.45, 7) is 1.17. The fourth-order valence-electron chi connectivity index (χ4n) is 3.28. The van der Waals surface area contributed by atoms with Crippen LogP contribution < -0.4 is 11.1 Å². The molecule has 2 aromatic carbocycles. The second-order valence-electron chi connectivity index (χ2n) is 6.40. The average Bonchev–Trinajstić information content (AvgIpc) is 2.55. The molecule has 3 N–H and O–H groups in total. The first-order valence-corrected chi connectivity index (χ1v) is 8.21. The van der Waals surface area contributed by atoms with Crippen molar-refractivity contribution >= 4 is 11.7 Å². The quantitative estimate of drug-likeness (QED) is 0.909. The summed E-state index contributed by atoms with van der Waals surface area (Å²) < 4.78 is 13.3. The summed E-state index contributed by atoms with van der Waals surface area (Å²) in [6.07, 6.45) is 1.56. The van der Waals surface area contributed by atoms with Crippen LogP contribution >= 0.6 is 0 Å². The summed E-state index contributed by atoms with van der Waals surface area (Å²) in [6, 6.07) is 15.8. The van der Waals surface area contributed by atoms with Gasteiger partial charge < -0.3 is 16.0 Å². The first-order valence-electron chi connectivity index (χ1n) is 8.21. The number of nitrogens with one attached hydrogen (secondary N) is 1. The summed E-state index contributed by atoms with van der Waals surface area (Å²) in [5.41, 5.74) is 7.84. The smallest absolute Gasteiger partial charge is 0.321 e. The number of nitrogens with two attached hydrogens (primary N) is 1. The predicted molar refractivity (Wildman–Crippen MR) is 93.2 cm³/mol. The molecule has 2 amide bonds. The van der Waals surface area contributed by atoms with Gasteiger partial charge in [0.05, 0.1) is 0 Å². The Morgan fingerprint density at radius 1 is 1.17 bits per heavy atom. The second-order valence-corrected chi connectivity index (χ2v) is 6.40. The van der Waals surface area contributed by atoms with Crippen LogP contribution in [0.1, 0.15) is 12.0 Å². The maximum Gasteiger partial charge on any atom is 0.321 e. The molecule has 2 atom stereocenters. The zero-order valence-electron chi connectivity index (χ0n) is 13.5. The minimum Gasteiger partial charge on any atom is -0.326 e. The van der Waals surface area contributed by atoms with Crippen molar-refractivity contribution in [2.75, 3.05) is 18.4 Å². The van der Waals surface area contributed by atoms with Crippen LogP contribution in [-0.2, 0) is 6.42 Å². The lowest BCUT2D eigenvalue weighted by molar-refractivity contribution is 0.166. The number of amides is 2. The summed E-state index contributed by atoms with van der Waals surface area (Å²) in [5, 5.41) is 2.90. The van der Waals surface area contributed by atoms with Gasteiger partial charge in [-0.3, -0.25) is 0 Å². The highest BCUT2D eigenvalue weighted by Crippen LogP contribution is 2.21. The van der Waals surface area contributed by atoms with Gasteiger partial charge in [-0.1, -0.05) is 30.3 Å². The van der Waals surface area contributed by atoms with Crippen molar-refractivity contribution in [3.63, 3.8) is 0 Å². The fraction of sp³-hybridized carbons (Fsp3) is 0.316. The number of anilines is 1. The highest BCUT2D eigenvalue weighted by molar-refractivity contribution is 5.89. The van der Waals surface area contributed by atoms with Crippen molar-refractivity contribution in [1.82, 2.24) is 4.90 Å². The molecule has 1 saturated heterocycles. The van der Waals surface area contributed by atoms with Crippen LogP contribution in [0.4, 0.5) is 14.9 Å². The fourth-order valence-corrected chi connectivity index (χ4v) is 3.28. The molecule has 1 aliphatic rings. The zero-order chi connectivity index (χ0) is 16.9. The maximum atomic E-state index is 13.3. The molecule has 0 aliphatic carbocycles. The van der Waals surface area contributed by atoms with Gasteiger partial charge >= 0.3 is 6.03 Å². The molecule has 0 spiro atoms. The number of likely N-dealkylation sites (tertiary alicyclic amines) is 1. The van der Waals surface area contributed by atoms with E-state index in [0.717, 1.165) is 24.1 Å².